The van der Waals surface area contributed by atoms with Crippen molar-refractivity contribution in [3.8, 4) is 11.8 Å². The van der Waals surface area contributed by atoms with Gasteiger partial charge in [0.2, 0.25) is 0 Å². The summed E-state index contributed by atoms with van der Waals surface area (Å²) in [6, 6.07) is 5.13. The summed E-state index contributed by atoms with van der Waals surface area (Å²) in [5.74, 6) is 5.66. The molecule has 0 bridgehead atoms. The average Bonchev–Trinajstić information content (AvgIpc) is 2.36. The lowest BCUT2D eigenvalue weighted by molar-refractivity contribution is 0.0529. The average molecular weight is 288 g/mol. The molecule has 1 N–H and O–H groups in total. The molecule has 0 aliphatic rings. The van der Waals surface area contributed by atoms with Crippen LogP contribution in [0.25, 0.3) is 0 Å². The number of ketones is 1. The Morgan fingerprint density at radius 1 is 1.33 bits per heavy atom. The molecule has 0 aromatic carbocycles. The van der Waals surface area contributed by atoms with E-state index >= 15 is 0 Å². The number of Topliss-reactive ketones (excluding diaryl/α,β-unsaturated/α-hetero) is 1. The van der Waals surface area contributed by atoms with Crippen LogP contribution in [0.2, 0.25) is 0 Å². The molecule has 0 saturated heterocycles. The maximum atomic E-state index is 11.4. The van der Waals surface area contributed by atoms with Crippen molar-refractivity contribution in [1.29, 1.82) is 0 Å². The van der Waals surface area contributed by atoms with Crippen molar-refractivity contribution >= 4 is 11.9 Å². The van der Waals surface area contributed by atoms with Crippen LogP contribution in [0.5, 0.6) is 0 Å². The van der Waals surface area contributed by atoms with Gasteiger partial charge in [-0.15, -0.1) is 0 Å². The first-order chi connectivity index (χ1) is 9.78. The van der Waals surface area contributed by atoms with Crippen molar-refractivity contribution in [2.75, 3.05) is 6.54 Å². The lowest BCUT2D eigenvalue weighted by atomic mass is 10.2. The van der Waals surface area contributed by atoms with E-state index in [0.717, 1.165) is 0 Å². The molecule has 1 aromatic heterocycles. The predicted octanol–water partition coefficient (Wildman–Crippen LogP) is 2.55. The maximum Gasteiger partial charge on any atom is 0.407 e. The van der Waals surface area contributed by atoms with Crippen LogP contribution in [0.15, 0.2) is 18.2 Å². The van der Waals surface area contributed by atoms with Crippen molar-refractivity contribution in [3.05, 3.63) is 29.6 Å². The van der Waals surface area contributed by atoms with E-state index in [-0.39, 0.29) is 5.78 Å². The molecular formula is C16H20N2O3. The van der Waals surface area contributed by atoms with E-state index in [9.17, 15) is 9.59 Å². The number of hydrogen-bond donors (Lipinski definition) is 1. The molecule has 0 fully saturated rings. The normalized spacial score (nSPS) is 10.3. The number of nitrogens with one attached hydrogen (secondary N) is 1. The van der Waals surface area contributed by atoms with Gasteiger partial charge in [0.05, 0.1) is 0 Å². The number of rotatable bonds is 3. The lowest BCUT2D eigenvalue weighted by Crippen LogP contribution is -2.32. The molecule has 0 radical (unpaired) electrons. The number of ether oxygens (including phenoxy) is 1. The van der Waals surface area contributed by atoms with Gasteiger partial charge in [-0.25, -0.2) is 9.78 Å². The topological polar surface area (TPSA) is 68.3 Å². The summed E-state index contributed by atoms with van der Waals surface area (Å²) < 4.78 is 5.10. The molecular weight excluding hydrogens is 268 g/mol. The molecule has 0 unspecified atom stereocenters. The molecule has 1 amide bonds. The van der Waals surface area contributed by atoms with Crippen LogP contribution >= 0.6 is 0 Å². The first kappa shape index (κ1) is 16.7. The largest absolute Gasteiger partial charge is 0.444 e. The number of aromatic nitrogens is 1. The van der Waals surface area contributed by atoms with E-state index < -0.39 is 11.7 Å². The van der Waals surface area contributed by atoms with Crippen molar-refractivity contribution in [1.82, 2.24) is 10.3 Å². The first-order valence-electron chi connectivity index (χ1n) is 6.71. The van der Waals surface area contributed by atoms with E-state index in [1.807, 2.05) is 0 Å². The molecule has 1 rings (SSSR count). The van der Waals surface area contributed by atoms with Gasteiger partial charge < -0.3 is 10.1 Å². The number of alkyl carbamates (subject to hydrolysis) is 1. The molecule has 112 valence electrons. The minimum absolute atomic E-state index is 0.0924. The summed E-state index contributed by atoms with van der Waals surface area (Å²) >= 11 is 0. The monoisotopic (exact) mass is 288 g/mol. The van der Waals surface area contributed by atoms with Crippen LogP contribution in [0.3, 0.4) is 0 Å². The fourth-order valence-electron chi connectivity index (χ4n) is 1.39. The van der Waals surface area contributed by atoms with Crippen LogP contribution in [-0.4, -0.2) is 29.0 Å². The summed E-state index contributed by atoms with van der Waals surface area (Å²) in [5, 5.41) is 2.62. The molecule has 0 atom stereocenters. The number of nitrogens with zero attached hydrogens (tertiary/aromatic N) is 1. The Bertz CT molecular complexity index is 577. The highest BCUT2D eigenvalue weighted by Gasteiger charge is 2.15. The molecule has 5 nitrogen and oxygen atoms in total. The van der Waals surface area contributed by atoms with Gasteiger partial charge in [-0.2, -0.15) is 0 Å². The third-order valence-corrected chi connectivity index (χ3v) is 2.24. The smallest absolute Gasteiger partial charge is 0.407 e. The second-order valence-corrected chi connectivity index (χ2v) is 5.44. The van der Waals surface area contributed by atoms with Gasteiger partial charge in [-0.1, -0.05) is 12.0 Å². The van der Waals surface area contributed by atoms with Gasteiger partial charge >= 0.3 is 6.09 Å². The van der Waals surface area contributed by atoms with Gasteiger partial charge in [0, 0.05) is 19.9 Å². The van der Waals surface area contributed by atoms with E-state index in [1.165, 1.54) is 6.92 Å². The third kappa shape index (κ3) is 7.11. The lowest BCUT2D eigenvalue weighted by Gasteiger charge is -2.19. The van der Waals surface area contributed by atoms with Crippen LogP contribution in [0.4, 0.5) is 4.79 Å². The van der Waals surface area contributed by atoms with Crippen LogP contribution < -0.4 is 5.32 Å². The fraction of sp³-hybridized carbons (Fsp3) is 0.438. The second-order valence-electron chi connectivity index (χ2n) is 5.44. The highest BCUT2D eigenvalue weighted by molar-refractivity contribution is 5.92. The van der Waals surface area contributed by atoms with Gasteiger partial charge in [-0.05, 0) is 38.8 Å². The zero-order valence-electron chi connectivity index (χ0n) is 12.8. The molecule has 0 saturated carbocycles. The molecule has 0 aliphatic carbocycles. The number of pyridine rings is 1. The molecule has 0 spiro atoms. The standard InChI is InChI=1S/C16H20N2O3/c1-12(19)14-10-7-9-13(18-14)8-5-6-11-17-15(20)21-16(2,3)4/h7,9-10H,6,11H2,1-4H3,(H,17,20). The Morgan fingerprint density at radius 2 is 2.05 bits per heavy atom. The van der Waals surface area contributed by atoms with E-state index in [1.54, 1.807) is 39.0 Å². The highest BCUT2D eigenvalue weighted by atomic mass is 16.6. The minimum Gasteiger partial charge on any atom is -0.444 e. The number of hydrogen-bond acceptors (Lipinski definition) is 4. The van der Waals surface area contributed by atoms with Gasteiger partial charge in [0.15, 0.2) is 5.78 Å². The predicted molar refractivity (Wildman–Crippen MR) is 80.0 cm³/mol. The molecule has 5 heteroatoms. The second kappa shape index (κ2) is 7.44. The molecule has 1 aromatic rings. The Balaban J connectivity index is 2.42. The first-order valence-corrected chi connectivity index (χ1v) is 6.71. The minimum atomic E-state index is -0.507. The van der Waals surface area contributed by atoms with Gasteiger partial charge in [0.25, 0.3) is 0 Å². The summed E-state index contributed by atoms with van der Waals surface area (Å²) in [6.07, 6.45) is 0.0200. The zero-order chi connectivity index (χ0) is 15.9. The Labute approximate surface area is 125 Å². The van der Waals surface area contributed by atoms with Gasteiger partial charge in [-0.3, -0.25) is 4.79 Å². The third-order valence-electron chi connectivity index (χ3n) is 2.24. The molecule has 1 heterocycles. The molecule has 0 aliphatic heterocycles. The van der Waals surface area contributed by atoms with Crippen molar-refractivity contribution < 1.29 is 14.3 Å². The van der Waals surface area contributed by atoms with E-state index in [4.69, 9.17) is 4.74 Å². The summed E-state index contributed by atoms with van der Waals surface area (Å²) in [6.45, 7) is 7.28. The van der Waals surface area contributed by atoms with E-state index in [0.29, 0.717) is 24.4 Å². The highest BCUT2D eigenvalue weighted by Crippen LogP contribution is 2.06. The zero-order valence-corrected chi connectivity index (χ0v) is 12.8. The Kier molecular flexibility index (Phi) is 5.92. The Morgan fingerprint density at radius 3 is 2.67 bits per heavy atom. The maximum absolute atomic E-state index is 11.4. The van der Waals surface area contributed by atoms with Crippen molar-refractivity contribution in [2.45, 2.75) is 39.7 Å². The number of carbonyl (C=O) groups is 2. The van der Waals surface area contributed by atoms with E-state index in [2.05, 4.69) is 22.1 Å². The SMILES string of the molecule is CC(=O)c1cccc(C#CCCNC(=O)OC(C)(C)C)n1. The van der Waals surface area contributed by atoms with Crippen LogP contribution in [-0.2, 0) is 4.74 Å². The van der Waals surface area contributed by atoms with Crippen LogP contribution in [0, 0.1) is 11.8 Å². The molecule has 21 heavy (non-hydrogen) atoms. The number of amides is 1. The quantitative estimate of drug-likeness (QED) is 0.527. The summed E-state index contributed by atoms with van der Waals surface area (Å²) in [4.78, 5) is 26.7. The van der Waals surface area contributed by atoms with Crippen molar-refractivity contribution in [2.24, 2.45) is 0 Å². The fourth-order valence-corrected chi connectivity index (χ4v) is 1.39. The Hall–Kier alpha value is -2.35. The summed E-state index contributed by atoms with van der Waals surface area (Å²) in [5.41, 5.74) is 0.431. The van der Waals surface area contributed by atoms with Crippen molar-refractivity contribution in [3.63, 3.8) is 0 Å². The van der Waals surface area contributed by atoms with Gasteiger partial charge in [0.1, 0.15) is 17.0 Å². The number of carbonyl (C=O) groups excluding carboxylic acids is 2. The van der Waals surface area contributed by atoms with Crippen LogP contribution in [0.1, 0.15) is 50.3 Å². The summed E-state index contributed by atoms with van der Waals surface area (Å²) in [7, 11) is 0.